The molecule has 4 nitrogen and oxygen atoms in total. The highest BCUT2D eigenvalue weighted by atomic mass is 19.4. The lowest BCUT2D eigenvalue weighted by molar-refractivity contribution is -0.115. The van der Waals surface area contributed by atoms with E-state index >= 15 is 0 Å². The number of halogens is 3. The van der Waals surface area contributed by atoms with Gasteiger partial charge < -0.3 is 19.5 Å². The molecule has 0 bridgehead atoms. The van der Waals surface area contributed by atoms with Gasteiger partial charge in [-0.05, 0) is 0 Å². The van der Waals surface area contributed by atoms with E-state index in [1.54, 1.807) is 0 Å². The summed E-state index contributed by atoms with van der Waals surface area (Å²) in [6.07, 6.45) is -4.32. The van der Waals surface area contributed by atoms with E-state index in [2.05, 4.69) is 5.32 Å². The Morgan fingerprint density at radius 1 is 1.00 bits per heavy atom. The maximum Gasteiger partial charge on any atom is 0.405 e. The maximum atomic E-state index is 12.2. The molecule has 0 amide bonds. The molecule has 0 aliphatic heterocycles. The smallest absolute Gasteiger partial charge is 0.405 e. The van der Waals surface area contributed by atoms with Gasteiger partial charge in [-0.2, -0.15) is 13.2 Å². The maximum absolute atomic E-state index is 12.2. The number of hydrogen-bond acceptors (Lipinski definition) is 4. The van der Waals surface area contributed by atoms with Crippen LogP contribution in [0, 0.1) is 0 Å². The second-order valence-corrected chi connectivity index (χ2v) is 3.38. The quantitative estimate of drug-likeness (QED) is 0.888. The number of methoxy groups -OCH3 is 3. The Hall–Kier alpha value is -1.79. The number of alkyl halides is 3. The molecule has 0 aliphatic rings. The fourth-order valence-electron chi connectivity index (χ4n) is 1.37. The van der Waals surface area contributed by atoms with Crippen LogP contribution in [-0.2, 0) is 0 Å². The molecule has 0 radical (unpaired) electrons. The fourth-order valence-corrected chi connectivity index (χ4v) is 1.37. The van der Waals surface area contributed by atoms with Crippen molar-refractivity contribution in [3.8, 4) is 17.2 Å². The topological polar surface area (TPSA) is 39.7 Å². The molecule has 1 N–H and O–H groups in total. The second kappa shape index (κ2) is 5.70. The van der Waals surface area contributed by atoms with Crippen LogP contribution in [0.1, 0.15) is 0 Å². The summed E-state index contributed by atoms with van der Waals surface area (Å²) in [5.74, 6) is 0.868. The van der Waals surface area contributed by atoms with Gasteiger partial charge in [0.2, 0.25) is 0 Å². The van der Waals surface area contributed by atoms with Crippen molar-refractivity contribution in [2.45, 2.75) is 6.18 Å². The Balaban J connectivity index is 3.07. The lowest BCUT2D eigenvalue weighted by Gasteiger charge is -2.17. The minimum Gasteiger partial charge on any atom is -0.496 e. The van der Waals surface area contributed by atoms with Gasteiger partial charge >= 0.3 is 6.18 Å². The monoisotopic (exact) mass is 265 g/mol. The SMILES string of the molecule is COc1cc(OC)c(NCC(F)(F)F)c(OC)c1. The zero-order chi connectivity index (χ0) is 13.8. The van der Waals surface area contributed by atoms with Crippen LogP contribution in [0.3, 0.4) is 0 Å². The van der Waals surface area contributed by atoms with Crippen molar-refractivity contribution in [2.24, 2.45) is 0 Å². The van der Waals surface area contributed by atoms with E-state index in [-0.39, 0.29) is 17.2 Å². The molecule has 0 aliphatic carbocycles. The molecule has 1 rings (SSSR count). The van der Waals surface area contributed by atoms with Crippen LogP contribution in [0.4, 0.5) is 18.9 Å². The third kappa shape index (κ3) is 3.61. The highest BCUT2D eigenvalue weighted by Gasteiger charge is 2.28. The van der Waals surface area contributed by atoms with E-state index in [1.165, 1.54) is 33.5 Å². The molecule has 1 aromatic carbocycles. The Morgan fingerprint density at radius 2 is 1.50 bits per heavy atom. The van der Waals surface area contributed by atoms with Gasteiger partial charge in [-0.15, -0.1) is 0 Å². The van der Waals surface area contributed by atoms with Gasteiger partial charge in [0.05, 0.1) is 21.3 Å². The first-order valence-electron chi connectivity index (χ1n) is 5.02. The third-order valence-electron chi connectivity index (χ3n) is 2.18. The van der Waals surface area contributed by atoms with Crippen molar-refractivity contribution in [1.82, 2.24) is 0 Å². The molecule has 1 aromatic rings. The average Bonchev–Trinajstić information content (AvgIpc) is 2.34. The van der Waals surface area contributed by atoms with Gasteiger partial charge in [-0.1, -0.05) is 0 Å². The predicted octanol–water partition coefficient (Wildman–Crippen LogP) is 2.69. The molecule has 0 saturated carbocycles. The van der Waals surface area contributed by atoms with E-state index in [0.29, 0.717) is 5.75 Å². The van der Waals surface area contributed by atoms with Crippen LogP contribution in [0.25, 0.3) is 0 Å². The van der Waals surface area contributed by atoms with Crippen molar-refractivity contribution in [3.05, 3.63) is 12.1 Å². The van der Waals surface area contributed by atoms with Crippen molar-refractivity contribution in [3.63, 3.8) is 0 Å². The van der Waals surface area contributed by atoms with E-state index in [4.69, 9.17) is 14.2 Å². The summed E-state index contributed by atoms with van der Waals surface area (Å²) in [6, 6.07) is 2.95. The van der Waals surface area contributed by atoms with Crippen LogP contribution >= 0.6 is 0 Å². The Morgan fingerprint density at radius 3 is 1.83 bits per heavy atom. The van der Waals surface area contributed by atoms with Gasteiger partial charge in [0, 0.05) is 12.1 Å². The number of rotatable bonds is 5. The number of nitrogens with one attached hydrogen (secondary N) is 1. The van der Waals surface area contributed by atoms with Crippen LogP contribution < -0.4 is 19.5 Å². The minimum absolute atomic E-state index is 0.137. The zero-order valence-electron chi connectivity index (χ0n) is 10.2. The number of benzene rings is 1. The van der Waals surface area contributed by atoms with E-state index < -0.39 is 12.7 Å². The minimum atomic E-state index is -4.32. The third-order valence-corrected chi connectivity index (χ3v) is 2.18. The standard InChI is InChI=1S/C11H14F3NO3/c1-16-7-4-8(17-2)10(9(5-7)18-3)15-6-11(12,13)14/h4-5,15H,6H2,1-3H3. The number of ether oxygens (including phenoxy) is 3. The molecule has 0 atom stereocenters. The molecule has 18 heavy (non-hydrogen) atoms. The highest BCUT2D eigenvalue weighted by molar-refractivity contribution is 5.68. The molecular formula is C11H14F3NO3. The first-order valence-corrected chi connectivity index (χ1v) is 5.02. The van der Waals surface area contributed by atoms with Crippen LogP contribution in [0.5, 0.6) is 17.2 Å². The van der Waals surface area contributed by atoms with Crippen LogP contribution in [0.2, 0.25) is 0 Å². The highest BCUT2D eigenvalue weighted by Crippen LogP contribution is 2.39. The Bertz CT molecular complexity index is 382. The van der Waals surface area contributed by atoms with Gasteiger partial charge in [-0.3, -0.25) is 0 Å². The van der Waals surface area contributed by atoms with E-state index in [0.717, 1.165) is 0 Å². The lowest BCUT2D eigenvalue weighted by Crippen LogP contribution is -2.21. The van der Waals surface area contributed by atoms with Gasteiger partial charge in [-0.25, -0.2) is 0 Å². The predicted molar refractivity (Wildman–Crippen MR) is 60.6 cm³/mol. The molecule has 0 fully saturated rings. The number of anilines is 1. The van der Waals surface area contributed by atoms with Crippen LogP contribution in [0.15, 0.2) is 12.1 Å². The summed E-state index contributed by atoms with van der Waals surface area (Å²) in [7, 11) is 4.15. The van der Waals surface area contributed by atoms with Crippen molar-refractivity contribution >= 4 is 5.69 Å². The molecule has 0 spiro atoms. The molecule has 102 valence electrons. The van der Waals surface area contributed by atoms with Crippen LogP contribution in [-0.4, -0.2) is 34.1 Å². The second-order valence-electron chi connectivity index (χ2n) is 3.38. The van der Waals surface area contributed by atoms with E-state index in [9.17, 15) is 13.2 Å². The summed E-state index contributed by atoms with van der Waals surface area (Å²) < 4.78 is 51.6. The summed E-state index contributed by atoms with van der Waals surface area (Å²) in [6.45, 7) is -1.17. The fraction of sp³-hybridized carbons (Fsp3) is 0.455. The molecule has 0 aromatic heterocycles. The lowest BCUT2D eigenvalue weighted by atomic mass is 10.2. The van der Waals surface area contributed by atoms with Gasteiger partial charge in [0.1, 0.15) is 29.5 Å². The van der Waals surface area contributed by atoms with Crippen molar-refractivity contribution < 1.29 is 27.4 Å². The molecular weight excluding hydrogens is 251 g/mol. The summed E-state index contributed by atoms with van der Waals surface area (Å²) >= 11 is 0. The first kappa shape index (κ1) is 14.3. The molecule has 0 heterocycles. The summed E-state index contributed by atoms with van der Waals surface area (Å²) in [5.41, 5.74) is 0.137. The number of hydrogen-bond donors (Lipinski definition) is 1. The average molecular weight is 265 g/mol. The van der Waals surface area contributed by atoms with E-state index in [1.807, 2.05) is 0 Å². The molecule has 7 heteroatoms. The largest absolute Gasteiger partial charge is 0.496 e. The summed E-state index contributed by atoms with van der Waals surface area (Å²) in [5, 5.41) is 2.24. The Kier molecular flexibility index (Phi) is 4.52. The Labute approximate surface area is 103 Å². The normalized spacial score (nSPS) is 11.0. The van der Waals surface area contributed by atoms with Crippen molar-refractivity contribution in [2.75, 3.05) is 33.2 Å². The molecule has 0 saturated heterocycles. The summed E-state index contributed by atoms with van der Waals surface area (Å²) in [4.78, 5) is 0. The van der Waals surface area contributed by atoms with Crippen molar-refractivity contribution in [1.29, 1.82) is 0 Å². The zero-order valence-corrected chi connectivity index (χ0v) is 10.2. The van der Waals surface area contributed by atoms with Gasteiger partial charge in [0.25, 0.3) is 0 Å². The first-order chi connectivity index (χ1) is 8.41. The van der Waals surface area contributed by atoms with Gasteiger partial charge in [0.15, 0.2) is 0 Å². The molecule has 0 unspecified atom stereocenters.